The molecule has 0 N–H and O–H groups in total. The highest BCUT2D eigenvalue weighted by atomic mass is 33.1. The molecule has 2 aromatic carbocycles. The largest absolute Gasteiger partial charge is 0.292 e. The van der Waals surface area contributed by atoms with E-state index in [9.17, 15) is 0 Å². The maximum atomic E-state index is 4.76. The number of pyridine rings is 2. The third-order valence-corrected chi connectivity index (χ3v) is 9.07. The quantitative estimate of drug-likeness (QED) is 0.107. The number of hydrogen-bond donors (Lipinski definition) is 0. The molecule has 0 atom stereocenters. The Labute approximate surface area is 249 Å². The first-order valence-corrected chi connectivity index (χ1v) is 16.6. The molecule has 4 aromatic rings. The van der Waals surface area contributed by atoms with E-state index in [1.165, 1.54) is 22.3 Å². The van der Waals surface area contributed by atoms with Crippen LogP contribution in [0.2, 0.25) is 0 Å². The Morgan fingerprint density at radius 2 is 0.950 bits per heavy atom. The van der Waals surface area contributed by atoms with Crippen LogP contribution in [0.1, 0.15) is 45.0 Å². The molecular weight excluding hydrogens is 529 g/mol. The van der Waals surface area contributed by atoms with Crippen LogP contribution in [0.15, 0.2) is 84.9 Å². The lowest BCUT2D eigenvalue weighted by atomic mass is 10.1. The number of hydrogen-bond acceptors (Lipinski definition) is 6. The van der Waals surface area contributed by atoms with Crippen molar-refractivity contribution in [1.82, 2.24) is 19.8 Å². The fraction of sp³-hybridized carbons (Fsp3) is 0.353. The zero-order valence-electron chi connectivity index (χ0n) is 24.3. The van der Waals surface area contributed by atoms with Gasteiger partial charge in [-0.1, -0.05) is 93.4 Å². The lowest BCUT2D eigenvalue weighted by molar-refractivity contribution is 0.270. The molecule has 0 aliphatic heterocycles. The molecule has 2 heterocycles. The van der Waals surface area contributed by atoms with Crippen molar-refractivity contribution in [2.75, 3.05) is 24.6 Å². The molecule has 2 aromatic heterocycles. The van der Waals surface area contributed by atoms with Gasteiger partial charge in [0.15, 0.2) is 0 Å². The van der Waals surface area contributed by atoms with E-state index in [0.717, 1.165) is 73.5 Å². The Morgan fingerprint density at radius 1 is 0.525 bits per heavy atom. The van der Waals surface area contributed by atoms with Crippen LogP contribution >= 0.6 is 21.6 Å². The predicted octanol–water partition coefficient (Wildman–Crippen LogP) is 7.80. The molecule has 40 heavy (non-hydrogen) atoms. The van der Waals surface area contributed by atoms with Crippen molar-refractivity contribution in [2.45, 2.75) is 53.9 Å². The first kappa shape index (κ1) is 30.3. The van der Waals surface area contributed by atoms with Crippen LogP contribution in [0.3, 0.4) is 0 Å². The van der Waals surface area contributed by atoms with Gasteiger partial charge in [-0.3, -0.25) is 19.8 Å². The second-order valence-corrected chi connectivity index (χ2v) is 13.3. The fourth-order valence-electron chi connectivity index (χ4n) is 4.85. The molecular formula is C34H42N4S2. The molecule has 0 amide bonds. The van der Waals surface area contributed by atoms with Crippen LogP contribution in [0.5, 0.6) is 0 Å². The Bertz CT molecular complexity index is 1140. The van der Waals surface area contributed by atoms with Crippen molar-refractivity contribution in [3.63, 3.8) is 0 Å². The molecule has 0 aliphatic carbocycles. The smallest absolute Gasteiger partial charge is 0.0547 e. The molecule has 0 saturated heterocycles. The van der Waals surface area contributed by atoms with Gasteiger partial charge in [-0.15, -0.1) is 0 Å². The second-order valence-electron chi connectivity index (χ2n) is 10.6. The summed E-state index contributed by atoms with van der Waals surface area (Å²) in [7, 11) is 3.96. The van der Waals surface area contributed by atoms with Gasteiger partial charge >= 0.3 is 0 Å². The van der Waals surface area contributed by atoms with Crippen LogP contribution in [0, 0.1) is 27.7 Å². The number of rotatable bonds is 15. The summed E-state index contributed by atoms with van der Waals surface area (Å²) >= 11 is 0. The first-order chi connectivity index (χ1) is 19.4. The zero-order chi connectivity index (χ0) is 28.2. The fourth-order valence-corrected chi connectivity index (χ4v) is 6.90. The summed E-state index contributed by atoms with van der Waals surface area (Å²) < 4.78 is 0. The van der Waals surface area contributed by atoms with Gasteiger partial charge in [0.2, 0.25) is 0 Å². The summed E-state index contributed by atoms with van der Waals surface area (Å²) in [5, 5.41) is 0. The van der Waals surface area contributed by atoms with E-state index in [-0.39, 0.29) is 0 Å². The summed E-state index contributed by atoms with van der Waals surface area (Å²) in [6.07, 6.45) is 0. The highest BCUT2D eigenvalue weighted by Gasteiger charge is 2.11. The van der Waals surface area contributed by atoms with Crippen LogP contribution in [-0.4, -0.2) is 44.4 Å². The zero-order valence-corrected chi connectivity index (χ0v) is 26.0. The SMILES string of the molecule is Cc1cccc(CN(CCSSCCN(Cc2cccc(C)c2)Cc2cccc(C)n2)Cc2cccc(C)n2)c1. The van der Waals surface area contributed by atoms with Crippen LogP contribution < -0.4 is 0 Å². The van der Waals surface area contributed by atoms with Gasteiger partial charge in [-0.05, 0) is 63.1 Å². The second kappa shape index (κ2) is 16.0. The van der Waals surface area contributed by atoms with Gasteiger partial charge in [-0.2, -0.15) is 0 Å². The molecule has 0 bridgehead atoms. The lowest BCUT2D eigenvalue weighted by Crippen LogP contribution is -2.26. The summed E-state index contributed by atoms with van der Waals surface area (Å²) in [6, 6.07) is 30.4. The van der Waals surface area contributed by atoms with Gasteiger partial charge in [0.1, 0.15) is 0 Å². The molecule has 0 spiro atoms. The maximum Gasteiger partial charge on any atom is 0.0547 e. The van der Waals surface area contributed by atoms with E-state index in [1.807, 2.05) is 21.6 Å². The standard InChI is InChI=1S/C34H42N4S2/c1-27-9-5-13-31(21-27)23-37(25-33-15-7-11-29(3)35-33)17-19-39-40-20-18-38(24-32-14-6-10-28(2)22-32)26-34-16-8-12-30(4)36-34/h5-16,21-22H,17-20,23-26H2,1-4H3. The third-order valence-electron chi connectivity index (χ3n) is 6.71. The normalized spacial score (nSPS) is 11.4. The molecule has 0 unspecified atom stereocenters. The van der Waals surface area contributed by atoms with E-state index >= 15 is 0 Å². The Kier molecular flexibility index (Phi) is 12.1. The highest BCUT2D eigenvalue weighted by Crippen LogP contribution is 2.23. The molecule has 210 valence electrons. The number of aryl methyl sites for hydroxylation is 4. The van der Waals surface area contributed by atoms with E-state index < -0.39 is 0 Å². The highest BCUT2D eigenvalue weighted by molar-refractivity contribution is 8.76. The number of aromatic nitrogens is 2. The maximum absolute atomic E-state index is 4.76. The topological polar surface area (TPSA) is 32.3 Å². The Morgan fingerprint density at radius 3 is 1.35 bits per heavy atom. The van der Waals surface area contributed by atoms with Gasteiger partial charge in [0.25, 0.3) is 0 Å². The molecule has 6 heteroatoms. The van der Waals surface area contributed by atoms with Crippen molar-refractivity contribution >= 4 is 21.6 Å². The minimum Gasteiger partial charge on any atom is -0.292 e. The van der Waals surface area contributed by atoms with Crippen molar-refractivity contribution < 1.29 is 0 Å². The first-order valence-electron chi connectivity index (χ1n) is 14.1. The van der Waals surface area contributed by atoms with Gasteiger partial charge in [-0.25, -0.2) is 0 Å². The Hall–Kier alpha value is -2.64. The van der Waals surface area contributed by atoms with Crippen LogP contribution in [0.25, 0.3) is 0 Å². The molecule has 0 radical (unpaired) electrons. The molecule has 0 fully saturated rings. The van der Waals surface area contributed by atoms with Crippen molar-refractivity contribution in [2.24, 2.45) is 0 Å². The summed E-state index contributed by atoms with van der Waals surface area (Å²) in [5.41, 5.74) is 9.79. The summed E-state index contributed by atoms with van der Waals surface area (Å²) in [6.45, 7) is 14.1. The average molecular weight is 571 g/mol. The minimum absolute atomic E-state index is 0.870. The number of nitrogens with zero attached hydrogens (tertiary/aromatic N) is 4. The minimum atomic E-state index is 0.870. The predicted molar refractivity (Wildman–Crippen MR) is 173 cm³/mol. The van der Waals surface area contributed by atoms with Crippen molar-refractivity contribution in [3.8, 4) is 0 Å². The summed E-state index contributed by atoms with van der Waals surface area (Å²) in [4.78, 5) is 14.6. The molecule has 0 aliphatic rings. The van der Waals surface area contributed by atoms with E-state index in [2.05, 4.69) is 122 Å². The van der Waals surface area contributed by atoms with Crippen molar-refractivity contribution in [1.29, 1.82) is 0 Å². The summed E-state index contributed by atoms with van der Waals surface area (Å²) in [5.74, 6) is 2.17. The Balaban J connectivity index is 1.29. The van der Waals surface area contributed by atoms with Gasteiger partial charge in [0.05, 0.1) is 11.4 Å². The van der Waals surface area contributed by atoms with Gasteiger partial charge in [0, 0.05) is 62.2 Å². The number of benzene rings is 2. The van der Waals surface area contributed by atoms with Crippen LogP contribution in [0.4, 0.5) is 0 Å². The van der Waals surface area contributed by atoms with E-state index in [1.54, 1.807) is 0 Å². The van der Waals surface area contributed by atoms with Gasteiger partial charge < -0.3 is 0 Å². The molecule has 4 rings (SSSR count). The lowest BCUT2D eigenvalue weighted by Gasteiger charge is -2.23. The average Bonchev–Trinajstić information content (AvgIpc) is 2.90. The van der Waals surface area contributed by atoms with Crippen LogP contribution in [-0.2, 0) is 26.2 Å². The monoisotopic (exact) mass is 570 g/mol. The molecule has 0 saturated carbocycles. The van der Waals surface area contributed by atoms with E-state index in [0.29, 0.717) is 0 Å². The van der Waals surface area contributed by atoms with Crippen molar-refractivity contribution in [3.05, 3.63) is 130 Å². The third kappa shape index (κ3) is 10.7. The van der Waals surface area contributed by atoms with E-state index in [4.69, 9.17) is 9.97 Å². The molecule has 4 nitrogen and oxygen atoms in total.